The first kappa shape index (κ1) is 5.82. The molecule has 0 fully saturated rings. The molecule has 1 rings (SSSR count). The monoisotopic (exact) mass is 121 g/mol. The molecule has 1 heterocycles. The van der Waals surface area contributed by atoms with Crippen molar-refractivity contribution in [2.24, 2.45) is 0 Å². The summed E-state index contributed by atoms with van der Waals surface area (Å²) >= 11 is 0. The normalized spacial score (nSPS) is 11.8. The molecule has 0 amide bonds. The topological polar surface area (TPSA) is 26.0 Å². The molecule has 0 unspecified atom stereocenters. The van der Waals surface area contributed by atoms with Gasteiger partial charge in [-0.15, -0.1) is 0 Å². The van der Waals surface area contributed by atoms with Crippen LogP contribution in [0.25, 0.3) is 12.7 Å². The molecular formula is C7H7NO. The van der Waals surface area contributed by atoms with E-state index >= 15 is 0 Å². The quantitative estimate of drug-likeness (QED) is 0.524. The molecule has 0 spiro atoms. The molecule has 1 aromatic rings. The second kappa shape index (κ2) is 2.31. The van der Waals surface area contributed by atoms with Crippen LogP contribution in [-0.4, -0.2) is 4.98 Å². The number of aromatic nitrogens is 1. The van der Waals surface area contributed by atoms with Gasteiger partial charge in [0, 0.05) is 0 Å². The largest absolute Gasteiger partial charge is 0.444 e. The van der Waals surface area contributed by atoms with Crippen molar-refractivity contribution in [3.8, 4) is 0 Å². The first-order valence-corrected chi connectivity index (χ1v) is 2.56. The molecule has 46 valence electrons. The Morgan fingerprint density at radius 1 is 1.67 bits per heavy atom. The second-order valence-electron chi connectivity index (χ2n) is 1.56. The number of allylic oxidation sites excluding steroid dienone is 1. The van der Waals surface area contributed by atoms with Crippen LogP contribution in [0, 0.1) is 0 Å². The Balaban J connectivity index is 3.39. The Bertz CT molecular complexity index is 297. The van der Waals surface area contributed by atoms with E-state index in [0.29, 0.717) is 5.42 Å². The lowest BCUT2D eigenvalue weighted by Crippen LogP contribution is -2.19. The minimum atomic E-state index is 0.579. The first-order chi connectivity index (χ1) is 4.34. The van der Waals surface area contributed by atoms with Gasteiger partial charge >= 0.3 is 0 Å². The van der Waals surface area contributed by atoms with Crippen molar-refractivity contribution < 1.29 is 4.42 Å². The zero-order valence-corrected chi connectivity index (χ0v) is 5.00. The van der Waals surface area contributed by atoms with E-state index in [2.05, 4.69) is 18.1 Å². The molecular weight excluding hydrogens is 114 g/mol. The average molecular weight is 121 g/mol. The van der Waals surface area contributed by atoms with E-state index in [4.69, 9.17) is 4.42 Å². The van der Waals surface area contributed by atoms with Gasteiger partial charge in [0.25, 0.3) is 0 Å². The molecule has 0 N–H and O–H groups in total. The zero-order chi connectivity index (χ0) is 6.69. The molecule has 0 radical (unpaired) electrons. The summed E-state index contributed by atoms with van der Waals surface area (Å²) in [6.45, 7) is 7.10. The number of oxazole rings is 1. The van der Waals surface area contributed by atoms with E-state index in [1.54, 1.807) is 12.2 Å². The third-order valence-electron chi connectivity index (χ3n) is 0.948. The number of hydrogen-bond donors (Lipinski definition) is 0. The average Bonchev–Trinajstić information content (AvgIpc) is 2.18. The van der Waals surface area contributed by atoms with Gasteiger partial charge in [-0.2, -0.15) is 0 Å². The smallest absolute Gasteiger partial charge is 0.181 e. The summed E-state index contributed by atoms with van der Waals surface area (Å²) in [5.41, 5.74) is 0.579. The van der Waals surface area contributed by atoms with E-state index in [1.165, 1.54) is 6.39 Å². The molecule has 0 aromatic carbocycles. The van der Waals surface area contributed by atoms with Crippen LogP contribution in [0.1, 0.15) is 0 Å². The maximum Gasteiger partial charge on any atom is 0.181 e. The van der Waals surface area contributed by atoms with Crippen LogP contribution >= 0.6 is 0 Å². The molecule has 0 aliphatic heterocycles. The molecule has 0 aliphatic rings. The summed E-state index contributed by atoms with van der Waals surface area (Å²) in [5, 5.41) is 0.741. The predicted molar refractivity (Wildman–Crippen MR) is 35.9 cm³/mol. The summed E-state index contributed by atoms with van der Waals surface area (Å²) in [6.07, 6.45) is 4.75. The summed E-state index contributed by atoms with van der Waals surface area (Å²) in [7, 11) is 0. The summed E-state index contributed by atoms with van der Waals surface area (Å²) < 4.78 is 4.82. The molecule has 9 heavy (non-hydrogen) atoms. The maximum absolute atomic E-state index is 4.82. The molecule has 2 heteroatoms. The fourth-order valence-electron chi connectivity index (χ4n) is 0.527. The molecule has 0 aliphatic carbocycles. The van der Waals surface area contributed by atoms with Gasteiger partial charge in [-0.3, -0.25) is 0 Å². The highest BCUT2D eigenvalue weighted by atomic mass is 16.3. The van der Waals surface area contributed by atoms with Gasteiger partial charge in [0.15, 0.2) is 6.39 Å². The van der Waals surface area contributed by atoms with Crippen molar-refractivity contribution in [3.63, 3.8) is 0 Å². The van der Waals surface area contributed by atoms with Crippen LogP contribution in [0.3, 0.4) is 0 Å². The second-order valence-corrected chi connectivity index (χ2v) is 1.56. The van der Waals surface area contributed by atoms with E-state index in [0.717, 1.165) is 5.35 Å². The summed E-state index contributed by atoms with van der Waals surface area (Å²) in [4.78, 5) is 3.85. The Labute approximate surface area is 52.8 Å². The number of hydrogen-bond acceptors (Lipinski definition) is 2. The molecule has 1 aromatic heterocycles. The highest BCUT2D eigenvalue weighted by Gasteiger charge is 1.81. The minimum absolute atomic E-state index is 0.579. The van der Waals surface area contributed by atoms with Gasteiger partial charge in [-0.1, -0.05) is 19.2 Å². The third kappa shape index (κ3) is 1.08. The van der Waals surface area contributed by atoms with Crippen molar-refractivity contribution in [2.75, 3.05) is 0 Å². The van der Waals surface area contributed by atoms with Crippen molar-refractivity contribution in [2.45, 2.75) is 0 Å². The van der Waals surface area contributed by atoms with E-state index < -0.39 is 0 Å². The molecule has 0 atom stereocenters. The molecule has 0 bridgehead atoms. The van der Waals surface area contributed by atoms with E-state index in [-0.39, 0.29) is 0 Å². The molecule has 0 saturated carbocycles. The standard InChI is InChI=1S/C7H7NO/c1-3-4-7-6(2)9-5-8-7/h3-5H,1-2H2/b7-4+. The van der Waals surface area contributed by atoms with Crippen LogP contribution < -0.4 is 10.8 Å². The van der Waals surface area contributed by atoms with Crippen LogP contribution in [0.4, 0.5) is 0 Å². The fourth-order valence-corrected chi connectivity index (χ4v) is 0.527. The van der Waals surface area contributed by atoms with Gasteiger partial charge in [-0.05, 0) is 6.08 Å². The van der Waals surface area contributed by atoms with E-state index in [9.17, 15) is 0 Å². The lowest BCUT2D eigenvalue weighted by Gasteiger charge is -1.66. The van der Waals surface area contributed by atoms with Gasteiger partial charge in [-0.25, -0.2) is 4.98 Å². The Morgan fingerprint density at radius 2 is 2.44 bits per heavy atom. The van der Waals surface area contributed by atoms with Crippen LogP contribution in [0.2, 0.25) is 0 Å². The van der Waals surface area contributed by atoms with Crippen molar-refractivity contribution in [3.05, 3.63) is 29.8 Å². The number of rotatable bonds is 1. The molecule has 2 nitrogen and oxygen atoms in total. The lowest BCUT2D eigenvalue weighted by atomic mass is 10.5. The SMILES string of the molecule is C=C/C=c1/ncoc1=C. The van der Waals surface area contributed by atoms with Crippen molar-refractivity contribution in [1.82, 2.24) is 4.98 Å². The Kier molecular flexibility index (Phi) is 1.49. The van der Waals surface area contributed by atoms with Crippen LogP contribution in [-0.2, 0) is 0 Å². The van der Waals surface area contributed by atoms with Crippen molar-refractivity contribution >= 4 is 12.7 Å². The highest BCUT2D eigenvalue weighted by molar-refractivity contribution is 5.31. The third-order valence-corrected chi connectivity index (χ3v) is 0.948. The van der Waals surface area contributed by atoms with Gasteiger partial charge in [0.2, 0.25) is 0 Å². The van der Waals surface area contributed by atoms with Crippen LogP contribution in [0.15, 0.2) is 23.5 Å². The van der Waals surface area contributed by atoms with Crippen molar-refractivity contribution in [1.29, 1.82) is 0 Å². The van der Waals surface area contributed by atoms with Gasteiger partial charge in [0.05, 0.1) is 0 Å². The predicted octanol–water partition coefficient (Wildman–Crippen LogP) is 0.0514. The minimum Gasteiger partial charge on any atom is -0.444 e. The van der Waals surface area contributed by atoms with E-state index in [1.807, 2.05) is 0 Å². The number of nitrogens with zero attached hydrogens (tertiary/aromatic N) is 1. The van der Waals surface area contributed by atoms with Gasteiger partial charge in [0.1, 0.15) is 10.8 Å². The summed E-state index contributed by atoms with van der Waals surface area (Å²) in [5.74, 6) is 0. The zero-order valence-electron chi connectivity index (χ0n) is 5.00. The van der Waals surface area contributed by atoms with Crippen LogP contribution in [0.5, 0.6) is 0 Å². The van der Waals surface area contributed by atoms with Gasteiger partial charge < -0.3 is 4.42 Å². The first-order valence-electron chi connectivity index (χ1n) is 2.56. The lowest BCUT2D eigenvalue weighted by molar-refractivity contribution is 0.526. The Morgan fingerprint density at radius 3 is 2.89 bits per heavy atom. The maximum atomic E-state index is 4.82. The highest BCUT2D eigenvalue weighted by Crippen LogP contribution is 1.63. The Hall–Kier alpha value is -1.31. The molecule has 0 saturated heterocycles. The fraction of sp³-hybridized carbons (Fsp3) is 0. The summed E-state index contributed by atoms with van der Waals surface area (Å²) in [6, 6.07) is 0.